The molecular weight excluding hydrogens is 712 g/mol. The maximum atomic E-state index is 12.7. The summed E-state index contributed by atoms with van der Waals surface area (Å²) in [6.45, 7) is 6.11. The third-order valence-electron chi connectivity index (χ3n) is 6.55. The number of pyridine rings is 1. The molecule has 0 aliphatic carbocycles. The van der Waals surface area contributed by atoms with Crippen LogP contribution < -0.4 is 11.3 Å². The fourth-order valence-electron chi connectivity index (χ4n) is 4.67. The molecule has 0 radical (unpaired) electrons. The van der Waals surface area contributed by atoms with Crippen LogP contribution in [0, 0.1) is 13.8 Å². The van der Waals surface area contributed by atoms with E-state index >= 15 is 0 Å². The predicted octanol–water partition coefficient (Wildman–Crippen LogP) is 9.03. The van der Waals surface area contributed by atoms with Gasteiger partial charge in [0.05, 0.1) is 12.0 Å². The first-order valence-electron chi connectivity index (χ1n) is 13.2. The van der Waals surface area contributed by atoms with Gasteiger partial charge in [0, 0.05) is 47.8 Å². The Bertz CT molecular complexity index is 1970. The van der Waals surface area contributed by atoms with Gasteiger partial charge in [-0.3, -0.25) is 9.78 Å². The first-order chi connectivity index (χ1) is 20.7. The second kappa shape index (κ2) is 13.3. The van der Waals surface area contributed by atoms with Crippen LogP contribution in [-0.4, -0.2) is 27.5 Å². The van der Waals surface area contributed by atoms with Gasteiger partial charge in [-0.1, -0.05) is 56.1 Å². The number of thiophene rings is 2. The molecule has 0 aliphatic rings. The van der Waals surface area contributed by atoms with Crippen LogP contribution in [0.4, 0.5) is 5.00 Å². The predicted molar refractivity (Wildman–Crippen MR) is 184 cm³/mol. The lowest BCUT2D eigenvalue weighted by atomic mass is 10.0. The summed E-state index contributed by atoms with van der Waals surface area (Å²) in [5.74, 6) is 0.209. The van der Waals surface area contributed by atoms with E-state index in [0.717, 1.165) is 51.3 Å². The molecule has 0 bridgehead atoms. The van der Waals surface area contributed by atoms with E-state index in [1.807, 2.05) is 74.5 Å². The largest absolute Gasteiger partial charge is 0.462 e. The van der Waals surface area contributed by atoms with Crippen molar-refractivity contribution in [2.24, 2.45) is 0 Å². The van der Waals surface area contributed by atoms with Crippen LogP contribution in [0.1, 0.15) is 27.0 Å². The van der Waals surface area contributed by atoms with Crippen LogP contribution in [0.5, 0.6) is 0 Å². The zero-order valence-corrected chi connectivity index (χ0v) is 28.2. The number of carbonyl (C=O) groups excluding carboxylic acids is 1. The number of nitrogens with one attached hydrogen (secondary N) is 1. The molecule has 43 heavy (non-hydrogen) atoms. The molecule has 0 spiro atoms. The monoisotopic (exact) mass is 736 g/mol. The highest BCUT2D eigenvalue weighted by atomic mass is 79.9. The third kappa shape index (κ3) is 6.65. The van der Waals surface area contributed by atoms with Crippen LogP contribution in [0.2, 0.25) is 0 Å². The van der Waals surface area contributed by atoms with E-state index in [9.17, 15) is 9.59 Å². The molecule has 6 aromatic rings. The van der Waals surface area contributed by atoms with Crippen molar-refractivity contribution in [3.63, 3.8) is 0 Å². The van der Waals surface area contributed by atoms with Gasteiger partial charge in [-0.25, -0.2) is 9.78 Å². The average Bonchev–Trinajstić information content (AvgIpc) is 3.49. The lowest BCUT2D eigenvalue weighted by Gasteiger charge is -2.06. The van der Waals surface area contributed by atoms with E-state index in [1.54, 1.807) is 30.7 Å². The number of esters is 1. The molecule has 7 nitrogen and oxygen atoms in total. The van der Waals surface area contributed by atoms with E-state index in [0.29, 0.717) is 28.4 Å². The van der Waals surface area contributed by atoms with E-state index in [-0.39, 0.29) is 11.5 Å². The molecule has 4 heterocycles. The van der Waals surface area contributed by atoms with E-state index in [2.05, 4.69) is 46.8 Å². The molecule has 218 valence electrons. The number of halogens is 2. The molecule has 0 saturated carbocycles. The SMILES string of the molecule is CCOC(=O)c1c(N)sc(C)c1-c1ccc(Br)cc1.Cc1sc2nc(-c3ccncc3)[nH]c(=O)c2c1-c1ccc(Br)cc1. The van der Waals surface area contributed by atoms with Gasteiger partial charge < -0.3 is 15.5 Å². The van der Waals surface area contributed by atoms with Gasteiger partial charge in [-0.15, -0.1) is 22.7 Å². The number of nitrogens with zero attached hydrogens (tertiary/aromatic N) is 2. The fourth-order valence-corrected chi connectivity index (χ4v) is 7.18. The van der Waals surface area contributed by atoms with Crippen LogP contribution in [0.25, 0.3) is 43.9 Å². The van der Waals surface area contributed by atoms with Crippen molar-refractivity contribution in [3.05, 3.63) is 108 Å². The maximum Gasteiger partial charge on any atom is 0.341 e. The normalized spacial score (nSPS) is 10.8. The summed E-state index contributed by atoms with van der Waals surface area (Å²) in [7, 11) is 0. The summed E-state index contributed by atoms with van der Waals surface area (Å²) < 4.78 is 7.09. The number of benzene rings is 2. The Labute approximate surface area is 273 Å². The number of fused-ring (bicyclic) bond motifs is 1. The highest BCUT2D eigenvalue weighted by Crippen LogP contribution is 2.39. The number of H-pyrrole nitrogens is 1. The summed E-state index contributed by atoms with van der Waals surface area (Å²) in [4.78, 5) is 39.2. The van der Waals surface area contributed by atoms with Gasteiger partial charge in [0.15, 0.2) is 0 Å². The molecule has 6 rings (SSSR count). The van der Waals surface area contributed by atoms with Gasteiger partial charge in [0.25, 0.3) is 5.56 Å². The number of hydrogen-bond donors (Lipinski definition) is 2. The minimum atomic E-state index is -0.359. The number of aromatic nitrogens is 3. The van der Waals surface area contributed by atoms with Gasteiger partial charge in [0.2, 0.25) is 0 Å². The summed E-state index contributed by atoms with van der Waals surface area (Å²) >= 11 is 9.80. The van der Waals surface area contributed by atoms with Crippen LogP contribution in [0.15, 0.2) is 86.8 Å². The topological polar surface area (TPSA) is 111 Å². The molecule has 0 aliphatic heterocycles. The van der Waals surface area contributed by atoms with Gasteiger partial charge in [-0.2, -0.15) is 0 Å². The lowest BCUT2D eigenvalue weighted by Crippen LogP contribution is -2.09. The Morgan fingerprint density at radius 2 is 1.42 bits per heavy atom. The van der Waals surface area contributed by atoms with E-state index in [1.165, 1.54) is 11.3 Å². The quantitative estimate of drug-likeness (QED) is 0.171. The van der Waals surface area contributed by atoms with Crippen LogP contribution in [0.3, 0.4) is 0 Å². The van der Waals surface area contributed by atoms with Gasteiger partial charge >= 0.3 is 5.97 Å². The Morgan fingerprint density at radius 1 is 0.860 bits per heavy atom. The number of aryl methyl sites for hydroxylation is 2. The van der Waals surface area contributed by atoms with Crippen molar-refractivity contribution in [2.45, 2.75) is 20.8 Å². The second-order valence-corrected chi connectivity index (χ2v) is 13.7. The summed E-state index contributed by atoms with van der Waals surface area (Å²) in [5.41, 5.74) is 11.0. The maximum absolute atomic E-state index is 12.7. The molecule has 4 aromatic heterocycles. The second-order valence-electron chi connectivity index (χ2n) is 9.37. The highest BCUT2D eigenvalue weighted by molar-refractivity contribution is 9.10. The Balaban J connectivity index is 0.000000177. The van der Waals surface area contributed by atoms with Crippen molar-refractivity contribution < 1.29 is 9.53 Å². The Morgan fingerprint density at radius 3 is 2.00 bits per heavy atom. The lowest BCUT2D eigenvalue weighted by molar-refractivity contribution is 0.0529. The van der Waals surface area contributed by atoms with E-state index < -0.39 is 0 Å². The smallest absolute Gasteiger partial charge is 0.341 e. The van der Waals surface area contributed by atoms with Gasteiger partial charge in [0.1, 0.15) is 21.2 Å². The molecular formula is C32H26Br2N4O3S2. The molecule has 0 atom stereocenters. The summed E-state index contributed by atoms with van der Waals surface area (Å²) in [6, 6.07) is 19.4. The Hall–Kier alpha value is -3.64. The molecule has 0 amide bonds. The van der Waals surface area contributed by atoms with Gasteiger partial charge in [-0.05, 0) is 68.3 Å². The molecule has 3 N–H and O–H groups in total. The van der Waals surface area contributed by atoms with Crippen molar-refractivity contribution in [1.29, 1.82) is 0 Å². The zero-order chi connectivity index (χ0) is 30.7. The number of nitrogen functional groups attached to an aromatic ring is 1. The molecule has 0 saturated heterocycles. The number of nitrogens with two attached hydrogens (primary N) is 1. The number of hydrogen-bond acceptors (Lipinski definition) is 8. The summed E-state index contributed by atoms with van der Waals surface area (Å²) in [5, 5.41) is 1.16. The zero-order valence-electron chi connectivity index (χ0n) is 23.4. The van der Waals surface area contributed by atoms with E-state index in [4.69, 9.17) is 10.5 Å². The number of aromatic amines is 1. The first kappa shape index (κ1) is 30.8. The highest BCUT2D eigenvalue weighted by Gasteiger charge is 2.22. The minimum Gasteiger partial charge on any atom is -0.462 e. The number of rotatable bonds is 5. The average molecular weight is 739 g/mol. The molecule has 0 fully saturated rings. The van der Waals surface area contributed by atoms with Crippen molar-refractivity contribution in [2.75, 3.05) is 12.3 Å². The fraction of sp³-hybridized carbons (Fsp3) is 0.125. The van der Waals surface area contributed by atoms with Crippen molar-refractivity contribution in [1.82, 2.24) is 15.0 Å². The Kier molecular flexibility index (Phi) is 9.55. The first-order valence-corrected chi connectivity index (χ1v) is 16.4. The number of carbonyl (C=O) groups is 1. The number of ether oxygens (including phenoxy) is 1. The number of anilines is 1. The van der Waals surface area contributed by atoms with Crippen LogP contribution >= 0.6 is 54.5 Å². The molecule has 0 unspecified atom stereocenters. The summed E-state index contributed by atoms with van der Waals surface area (Å²) in [6.07, 6.45) is 3.37. The molecule has 2 aromatic carbocycles. The minimum absolute atomic E-state index is 0.117. The van der Waals surface area contributed by atoms with Crippen molar-refractivity contribution in [3.8, 4) is 33.6 Å². The van der Waals surface area contributed by atoms with Crippen molar-refractivity contribution >= 4 is 75.7 Å². The molecule has 11 heteroatoms. The van der Waals surface area contributed by atoms with Crippen LogP contribution in [-0.2, 0) is 4.74 Å². The third-order valence-corrected chi connectivity index (χ3v) is 9.54. The standard InChI is InChI=1S/C18H12BrN3OS.C14H14BrNO2S/c1-10-14(11-2-4-13(19)5-3-11)15-17(23)21-16(22-18(15)24-10)12-6-8-20-9-7-12;1-3-18-14(17)12-11(8(2)19-13(12)16)9-4-6-10(15)7-5-9/h2-9H,1H3,(H,21,22,23);4-7H,3,16H2,1-2H3.